The molecule has 2 aromatic rings. The highest BCUT2D eigenvalue weighted by molar-refractivity contribution is 7.92. The molecule has 5 heteroatoms. The molecule has 1 saturated heterocycles. The maximum Gasteiger partial charge on any atom is 0.152 e. The normalized spacial score (nSPS) is 18.2. The lowest BCUT2D eigenvalue weighted by Crippen LogP contribution is -2.40. The lowest BCUT2D eigenvalue weighted by molar-refractivity contribution is 0.207. The van der Waals surface area contributed by atoms with Gasteiger partial charge < -0.3 is 9.45 Å². The van der Waals surface area contributed by atoms with E-state index in [1.807, 2.05) is 29.1 Å². The molecule has 1 aromatic carbocycles. The van der Waals surface area contributed by atoms with E-state index < -0.39 is 11.2 Å². The van der Waals surface area contributed by atoms with Gasteiger partial charge in [-0.05, 0) is 40.9 Å². The summed E-state index contributed by atoms with van der Waals surface area (Å²) < 4.78 is 14.7. The summed E-state index contributed by atoms with van der Waals surface area (Å²) in [6, 6.07) is 10.1. The van der Waals surface area contributed by atoms with Crippen molar-refractivity contribution in [1.29, 1.82) is 0 Å². The lowest BCUT2D eigenvalue weighted by Gasteiger charge is -2.33. The predicted octanol–water partition coefficient (Wildman–Crippen LogP) is 3.16. The first-order valence-electron chi connectivity index (χ1n) is 8.81. The fourth-order valence-electron chi connectivity index (χ4n) is 3.32. The van der Waals surface area contributed by atoms with Crippen LogP contribution < -0.4 is 0 Å². The highest BCUT2D eigenvalue weighted by atomic mass is 32.2. The molecule has 0 amide bonds. The van der Waals surface area contributed by atoms with Crippen LogP contribution in [0, 0.1) is 5.92 Å². The molecule has 4 nitrogen and oxygen atoms in total. The molecular weight excluding hydrogens is 318 g/mol. The van der Waals surface area contributed by atoms with E-state index in [0.717, 1.165) is 43.9 Å². The number of likely N-dealkylation sites (tertiary alicyclic amines) is 1. The molecule has 1 unspecified atom stereocenters. The first kappa shape index (κ1) is 17.5. The Morgan fingerprint density at radius 1 is 1.21 bits per heavy atom. The number of rotatable bonds is 6. The molecule has 1 aliphatic rings. The van der Waals surface area contributed by atoms with Crippen LogP contribution in [0.3, 0.4) is 0 Å². The standard InChI is InChI=1S/C19H27N3OS/c1-16(2)14-21-12-8-19(9-13-21)24(23)18-6-4-17(5-7-18)15-22-11-3-10-20-22/h3-7,10-11,16,19H,8-9,12-15H2,1-2H3. The number of hydrogen-bond donors (Lipinski definition) is 0. The quantitative estimate of drug-likeness (QED) is 0.756. The van der Waals surface area contributed by atoms with Crippen LogP contribution in [-0.4, -0.2) is 44.1 Å². The summed E-state index contributed by atoms with van der Waals surface area (Å²) in [6.45, 7) is 8.58. The van der Waals surface area contributed by atoms with E-state index in [0.29, 0.717) is 11.2 Å². The van der Waals surface area contributed by atoms with Gasteiger partial charge >= 0.3 is 0 Å². The Morgan fingerprint density at radius 3 is 2.50 bits per heavy atom. The van der Waals surface area contributed by atoms with Gasteiger partial charge in [0.05, 0.1) is 6.54 Å². The molecule has 2 heterocycles. The SMILES string of the molecule is CC(C)CN1CCC([S+]([O-])c2ccc(Cn3cccn3)cc2)CC1. The Labute approximate surface area is 148 Å². The van der Waals surface area contributed by atoms with Gasteiger partial charge in [0.25, 0.3) is 0 Å². The van der Waals surface area contributed by atoms with Crippen molar-refractivity contribution in [2.24, 2.45) is 5.92 Å². The summed E-state index contributed by atoms with van der Waals surface area (Å²) in [5, 5.41) is 4.52. The topological polar surface area (TPSA) is 44.1 Å². The van der Waals surface area contributed by atoms with Crippen molar-refractivity contribution in [3.8, 4) is 0 Å². The summed E-state index contributed by atoms with van der Waals surface area (Å²) in [5.74, 6) is 0.703. The number of aromatic nitrogens is 2. The monoisotopic (exact) mass is 345 g/mol. The Balaban J connectivity index is 1.54. The second-order valence-corrected chi connectivity index (χ2v) is 8.77. The van der Waals surface area contributed by atoms with Crippen molar-refractivity contribution in [3.63, 3.8) is 0 Å². The molecule has 1 atom stereocenters. The van der Waals surface area contributed by atoms with Gasteiger partial charge in [0, 0.05) is 44.9 Å². The van der Waals surface area contributed by atoms with Gasteiger partial charge in [-0.15, -0.1) is 0 Å². The van der Waals surface area contributed by atoms with Crippen molar-refractivity contribution in [2.75, 3.05) is 19.6 Å². The average molecular weight is 346 g/mol. The first-order valence-corrected chi connectivity index (χ1v) is 10.0. The van der Waals surface area contributed by atoms with Crippen molar-refractivity contribution in [2.45, 2.75) is 43.4 Å². The van der Waals surface area contributed by atoms with Crippen LogP contribution in [0.5, 0.6) is 0 Å². The van der Waals surface area contributed by atoms with Gasteiger partial charge in [0.15, 0.2) is 4.90 Å². The molecule has 1 aromatic heterocycles. The van der Waals surface area contributed by atoms with Crippen LogP contribution in [0.1, 0.15) is 32.3 Å². The molecular formula is C19H27N3OS. The Morgan fingerprint density at radius 2 is 1.92 bits per heavy atom. The summed E-state index contributed by atoms with van der Waals surface area (Å²) in [7, 11) is 0. The summed E-state index contributed by atoms with van der Waals surface area (Å²) in [6.07, 6.45) is 5.81. The van der Waals surface area contributed by atoms with Crippen molar-refractivity contribution < 1.29 is 4.55 Å². The Hall–Kier alpha value is -1.30. The van der Waals surface area contributed by atoms with E-state index in [1.165, 1.54) is 5.56 Å². The molecule has 0 N–H and O–H groups in total. The van der Waals surface area contributed by atoms with Gasteiger partial charge in [0.2, 0.25) is 0 Å². The molecule has 3 rings (SSSR count). The van der Waals surface area contributed by atoms with E-state index in [4.69, 9.17) is 0 Å². The predicted molar refractivity (Wildman–Crippen MR) is 98.5 cm³/mol. The van der Waals surface area contributed by atoms with Gasteiger partial charge in [-0.3, -0.25) is 4.68 Å². The zero-order chi connectivity index (χ0) is 16.9. The smallest absolute Gasteiger partial charge is 0.152 e. The average Bonchev–Trinajstić information content (AvgIpc) is 3.08. The van der Waals surface area contributed by atoms with Crippen molar-refractivity contribution in [1.82, 2.24) is 14.7 Å². The maximum absolute atomic E-state index is 12.8. The number of benzene rings is 1. The molecule has 0 radical (unpaired) electrons. The third-order valence-electron chi connectivity index (χ3n) is 4.52. The molecule has 1 fully saturated rings. The molecule has 24 heavy (non-hydrogen) atoms. The molecule has 0 bridgehead atoms. The second kappa shape index (κ2) is 8.19. The molecule has 1 aliphatic heterocycles. The van der Waals surface area contributed by atoms with Gasteiger partial charge in [-0.25, -0.2) is 0 Å². The highest BCUT2D eigenvalue weighted by Gasteiger charge is 2.29. The molecule has 0 aliphatic carbocycles. The number of piperidine rings is 1. The lowest BCUT2D eigenvalue weighted by atomic mass is 10.1. The van der Waals surface area contributed by atoms with Gasteiger partial charge in [-0.2, -0.15) is 5.10 Å². The van der Waals surface area contributed by atoms with Crippen molar-refractivity contribution in [3.05, 3.63) is 48.3 Å². The Kier molecular flexibility index (Phi) is 5.98. The summed E-state index contributed by atoms with van der Waals surface area (Å²) >= 11 is -0.894. The van der Waals surface area contributed by atoms with E-state index >= 15 is 0 Å². The van der Waals surface area contributed by atoms with Crippen molar-refractivity contribution >= 4 is 11.2 Å². The summed E-state index contributed by atoms with van der Waals surface area (Å²) in [4.78, 5) is 3.47. The van der Waals surface area contributed by atoms with Crippen LogP contribution in [0.25, 0.3) is 0 Å². The zero-order valence-electron chi connectivity index (χ0n) is 14.6. The minimum absolute atomic E-state index is 0.297. The van der Waals surface area contributed by atoms with E-state index in [1.54, 1.807) is 6.20 Å². The zero-order valence-corrected chi connectivity index (χ0v) is 15.4. The first-order chi connectivity index (χ1) is 11.6. The molecule has 0 spiro atoms. The maximum atomic E-state index is 12.8. The molecule has 130 valence electrons. The van der Waals surface area contributed by atoms with Gasteiger partial charge in [0.1, 0.15) is 5.25 Å². The minimum Gasteiger partial charge on any atom is -0.611 e. The largest absolute Gasteiger partial charge is 0.611 e. The van der Waals surface area contributed by atoms with Crippen LogP contribution in [0.15, 0.2) is 47.6 Å². The third kappa shape index (κ3) is 4.62. The molecule has 0 saturated carbocycles. The fraction of sp³-hybridized carbons (Fsp3) is 0.526. The Bertz CT molecular complexity index is 604. The number of nitrogens with zero attached hydrogens (tertiary/aromatic N) is 3. The van der Waals surface area contributed by atoms with E-state index in [9.17, 15) is 4.55 Å². The summed E-state index contributed by atoms with van der Waals surface area (Å²) in [5.41, 5.74) is 1.19. The second-order valence-electron chi connectivity index (χ2n) is 7.04. The fourth-order valence-corrected chi connectivity index (χ4v) is 4.75. The number of hydrogen-bond acceptors (Lipinski definition) is 3. The third-order valence-corrected chi connectivity index (χ3v) is 6.33. The highest BCUT2D eigenvalue weighted by Crippen LogP contribution is 2.25. The van der Waals surface area contributed by atoms with Crippen LogP contribution in [0.4, 0.5) is 0 Å². The van der Waals surface area contributed by atoms with Crippen LogP contribution >= 0.6 is 0 Å². The van der Waals surface area contributed by atoms with E-state index in [2.05, 4.69) is 36.0 Å². The van der Waals surface area contributed by atoms with Crippen LogP contribution in [-0.2, 0) is 17.7 Å². The van der Waals surface area contributed by atoms with Gasteiger partial charge in [-0.1, -0.05) is 26.0 Å². The van der Waals surface area contributed by atoms with Crippen LogP contribution in [0.2, 0.25) is 0 Å². The van der Waals surface area contributed by atoms with E-state index in [-0.39, 0.29) is 0 Å². The minimum atomic E-state index is -0.894.